The Morgan fingerprint density at radius 3 is 2.85 bits per heavy atom. The van der Waals surface area contributed by atoms with Gasteiger partial charge >= 0.3 is 0 Å². The molecule has 1 fully saturated rings. The molecule has 26 heavy (non-hydrogen) atoms. The quantitative estimate of drug-likeness (QED) is 0.845. The Morgan fingerprint density at radius 2 is 2.19 bits per heavy atom. The van der Waals surface area contributed by atoms with E-state index in [4.69, 9.17) is 16.3 Å². The average Bonchev–Trinajstić information content (AvgIpc) is 2.69. The Morgan fingerprint density at radius 1 is 1.35 bits per heavy atom. The van der Waals surface area contributed by atoms with Crippen molar-refractivity contribution < 1.29 is 9.53 Å². The Hall–Kier alpha value is -2.34. The number of amides is 1. The Kier molecular flexibility index (Phi) is 5.93. The van der Waals surface area contributed by atoms with Crippen molar-refractivity contribution in [3.63, 3.8) is 0 Å². The first kappa shape index (κ1) is 18.5. The van der Waals surface area contributed by atoms with Crippen molar-refractivity contribution in [3.05, 3.63) is 41.2 Å². The number of hydrogen-bond donors (Lipinski definition) is 1. The van der Waals surface area contributed by atoms with Crippen LogP contribution in [0.1, 0.15) is 43.0 Å². The van der Waals surface area contributed by atoms with Crippen LogP contribution in [0, 0.1) is 0 Å². The number of ether oxygens (including phenoxy) is 1. The molecule has 1 atom stereocenters. The molecule has 2 aromatic heterocycles. The standard InChI is InChI=1S/C19H23ClN4O2/c1-3-15-6-4-5-9-24(15)19(25)13-10-16(20)18(22-11-13)23-14-7-8-17(26-2)21-12-14/h7-8,10-12,15H,3-6,9H2,1-2H3,(H,22,23)/t15-/m1/s1. The van der Waals surface area contributed by atoms with Gasteiger partial charge in [0.15, 0.2) is 0 Å². The van der Waals surface area contributed by atoms with Crippen LogP contribution in [0.4, 0.5) is 11.5 Å². The van der Waals surface area contributed by atoms with Gasteiger partial charge in [-0.25, -0.2) is 9.97 Å². The molecule has 3 rings (SSSR count). The number of anilines is 2. The van der Waals surface area contributed by atoms with E-state index in [1.165, 1.54) is 6.42 Å². The van der Waals surface area contributed by atoms with E-state index in [2.05, 4.69) is 22.2 Å². The maximum absolute atomic E-state index is 12.8. The predicted octanol–water partition coefficient (Wildman–Crippen LogP) is 4.29. The number of nitrogens with zero attached hydrogens (tertiary/aromatic N) is 3. The van der Waals surface area contributed by atoms with Gasteiger partial charge in [-0.3, -0.25) is 4.79 Å². The number of likely N-dealkylation sites (tertiary alicyclic amines) is 1. The van der Waals surface area contributed by atoms with Crippen LogP contribution in [0.15, 0.2) is 30.6 Å². The van der Waals surface area contributed by atoms with Gasteiger partial charge in [-0.05, 0) is 37.8 Å². The summed E-state index contributed by atoms with van der Waals surface area (Å²) in [5.74, 6) is 1.02. The van der Waals surface area contributed by atoms with E-state index < -0.39 is 0 Å². The molecule has 6 nitrogen and oxygen atoms in total. The topological polar surface area (TPSA) is 67.4 Å². The number of carbonyl (C=O) groups is 1. The van der Waals surface area contributed by atoms with Crippen LogP contribution in [-0.2, 0) is 0 Å². The van der Waals surface area contributed by atoms with Crippen LogP contribution in [-0.4, -0.2) is 40.5 Å². The number of methoxy groups -OCH3 is 1. The molecule has 0 unspecified atom stereocenters. The van der Waals surface area contributed by atoms with Crippen LogP contribution >= 0.6 is 11.6 Å². The maximum atomic E-state index is 12.8. The molecule has 0 aliphatic carbocycles. The molecule has 7 heteroatoms. The fourth-order valence-electron chi connectivity index (χ4n) is 3.22. The zero-order valence-electron chi connectivity index (χ0n) is 15.0. The molecule has 0 radical (unpaired) electrons. The number of rotatable bonds is 5. The number of carbonyl (C=O) groups excluding carboxylic acids is 1. The van der Waals surface area contributed by atoms with E-state index in [0.717, 1.165) is 31.5 Å². The molecule has 1 aliphatic heterocycles. The first-order valence-corrected chi connectivity index (χ1v) is 9.23. The zero-order valence-corrected chi connectivity index (χ0v) is 15.8. The predicted molar refractivity (Wildman–Crippen MR) is 102 cm³/mol. The first-order chi connectivity index (χ1) is 12.6. The lowest BCUT2D eigenvalue weighted by Crippen LogP contribution is -2.43. The molecule has 138 valence electrons. The highest BCUT2D eigenvalue weighted by Crippen LogP contribution is 2.27. The summed E-state index contributed by atoms with van der Waals surface area (Å²) < 4.78 is 5.04. The largest absolute Gasteiger partial charge is 0.481 e. The lowest BCUT2D eigenvalue weighted by molar-refractivity contribution is 0.0607. The Balaban J connectivity index is 1.74. The van der Waals surface area contributed by atoms with Crippen molar-refractivity contribution in [2.24, 2.45) is 0 Å². The second-order valence-electron chi connectivity index (χ2n) is 6.33. The Bertz CT molecular complexity index is 767. The third-order valence-electron chi connectivity index (χ3n) is 4.66. The van der Waals surface area contributed by atoms with Crippen molar-refractivity contribution in [2.45, 2.75) is 38.6 Å². The van der Waals surface area contributed by atoms with E-state index >= 15 is 0 Å². The monoisotopic (exact) mass is 374 g/mol. The number of piperidine rings is 1. The van der Waals surface area contributed by atoms with Crippen molar-refractivity contribution in [1.29, 1.82) is 0 Å². The second-order valence-corrected chi connectivity index (χ2v) is 6.73. The molecule has 1 N–H and O–H groups in total. The van der Waals surface area contributed by atoms with Crippen LogP contribution in [0.3, 0.4) is 0 Å². The highest BCUT2D eigenvalue weighted by Gasteiger charge is 2.26. The van der Waals surface area contributed by atoms with E-state index in [1.54, 1.807) is 31.6 Å². The third-order valence-corrected chi connectivity index (χ3v) is 4.94. The summed E-state index contributed by atoms with van der Waals surface area (Å²) in [4.78, 5) is 23.3. The minimum Gasteiger partial charge on any atom is -0.481 e. The van der Waals surface area contributed by atoms with Gasteiger partial charge in [0.1, 0.15) is 5.82 Å². The number of nitrogens with one attached hydrogen (secondary N) is 1. The minimum atomic E-state index is 0.00335. The summed E-state index contributed by atoms with van der Waals surface area (Å²) in [7, 11) is 1.56. The lowest BCUT2D eigenvalue weighted by Gasteiger charge is -2.35. The molecule has 0 saturated carbocycles. The number of halogens is 1. The van der Waals surface area contributed by atoms with Gasteiger partial charge in [0.25, 0.3) is 5.91 Å². The highest BCUT2D eigenvalue weighted by atomic mass is 35.5. The normalized spacial score (nSPS) is 17.0. The number of aromatic nitrogens is 2. The fourth-order valence-corrected chi connectivity index (χ4v) is 3.43. The van der Waals surface area contributed by atoms with Gasteiger partial charge in [0, 0.05) is 24.8 Å². The van der Waals surface area contributed by atoms with Gasteiger partial charge in [-0.15, -0.1) is 0 Å². The summed E-state index contributed by atoms with van der Waals surface area (Å²) in [5, 5.41) is 3.50. The van der Waals surface area contributed by atoms with Gasteiger partial charge in [0.05, 0.1) is 29.6 Å². The van der Waals surface area contributed by atoms with Crippen molar-refractivity contribution >= 4 is 29.0 Å². The molecule has 1 aliphatic rings. The highest BCUT2D eigenvalue weighted by molar-refractivity contribution is 6.33. The van der Waals surface area contributed by atoms with Crippen LogP contribution in [0.2, 0.25) is 5.02 Å². The summed E-state index contributed by atoms with van der Waals surface area (Å²) in [6.45, 7) is 2.92. The summed E-state index contributed by atoms with van der Waals surface area (Å²) in [5.41, 5.74) is 1.26. The third kappa shape index (κ3) is 4.07. The van der Waals surface area contributed by atoms with E-state index in [1.807, 2.05) is 11.0 Å². The van der Waals surface area contributed by atoms with Crippen LogP contribution in [0.5, 0.6) is 5.88 Å². The molecule has 2 aromatic rings. The van der Waals surface area contributed by atoms with Crippen molar-refractivity contribution in [2.75, 3.05) is 19.0 Å². The summed E-state index contributed by atoms with van der Waals surface area (Å²) in [6.07, 6.45) is 7.47. The molecule has 0 spiro atoms. The van der Waals surface area contributed by atoms with Gasteiger partial charge < -0.3 is 15.0 Å². The summed E-state index contributed by atoms with van der Waals surface area (Å²) >= 11 is 6.35. The van der Waals surface area contributed by atoms with Crippen molar-refractivity contribution in [1.82, 2.24) is 14.9 Å². The number of pyridine rings is 2. The van der Waals surface area contributed by atoms with Gasteiger partial charge in [-0.2, -0.15) is 0 Å². The smallest absolute Gasteiger partial charge is 0.255 e. The van der Waals surface area contributed by atoms with Crippen LogP contribution < -0.4 is 10.1 Å². The molecule has 1 amide bonds. The van der Waals surface area contributed by atoms with Crippen molar-refractivity contribution in [3.8, 4) is 5.88 Å². The molecular formula is C19H23ClN4O2. The minimum absolute atomic E-state index is 0.00335. The van der Waals surface area contributed by atoms with E-state index in [0.29, 0.717) is 28.3 Å². The second kappa shape index (κ2) is 8.36. The molecule has 0 aromatic carbocycles. The fraction of sp³-hybridized carbons (Fsp3) is 0.421. The number of hydrogen-bond acceptors (Lipinski definition) is 5. The Labute approximate surface area is 158 Å². The average molecular weight is 375 g/mol. The first-order valence-electron chi connectivity index (χ1n) is 8.86. The molecule has 1 saturated heterocycles. The van der Waals surface area contributed by atoms with Gasteiger partial charge in [-0.1, -0.05) is 18.5 Å². The molecular weight excluding hydrogens is 352 g/mol. The van der Waals surface area contributed by atoms with E-state index in [9.17, 15) is 4.79 Å². The van der Waals surface area contributed by atoms with Crippen LogP contribution in [0.25, 0.3) is 0 Å². The summed E-state index contributed by atoms with van der Waals surface area (Å²) in [6, 6.07) is 5.55. The molecule has 0 bridgehead atoms. The SMILES string of the molecule is CC[C@@H]1CCCCN1C(=O)c1cnc(Nc2ccc(OC)nc2)c(Cl)c1. The molecule has 3 heterocycles. The van der Waals surface area contributed by atoms with Gasteiger partial charge in [0.2, 0.25) is 5.88 Å². The zero-order chi connectivity index (χ0) is 18.5. The lowest BCUT2D eigenvalue weighted by atomic mass is 9.99. The van der Waals surface area contributed by atoms with E-state index in [-0.39, 0.29) is 5.91 Å². The maximum Gasteiger partial charge on any atom is 0.255 e.